The van der Waals surface area contributed by atoms with E-state index in [2.05, 4.69) is 55.3 Å². The van der Waals surface area contributed by atoms with Crippen LogP contribution in [-0.2, 0) is 11.8 Å². The standard InChI is InChI=1S/C16H24N4S/c1-6-7-17-15-11(2)12(18-10-19-15)8-14-20-13(9-21-14)16(3,4)5/h9-10H,6-8H2,1-5H3,(H,17,18,19). The van der Waals surface area contributed by atoms with Gasteiger partial charge in [-0.25, -0.2) is 15.0 Å². The van der Waals surface area contributed by atoms with E-state index in [0.717, 1.165) is 47.2 Å². The van der Waals surface area contributed by atoms with E-state index in [1.54, 1.807) is 17.7 Å². The SMILES string of the molecule is CCCNc1ncnc(Cc2nc(C(C)(C)C)cs2)c1C. The molecule has 2 aromatic heterocycles. The Bertz CT molecular complexity index is 599. The van der Waals surface area contributed by atoms with Crippen LogP contribution in [0.2, 0.25) is 0 Å². The molecule has 0 aliphatic carbocycles. The fourth-order valence-electron chi connectivity index (χ4n) is 1.97. The van der Waals surface area contributed by atoms with Gasteiger partial charge in [-0.05, 0) is 13.3 Å². The van der Waals surface area contributed by atoms with E-state index in [9.17, 15) is 0 Å². The molecule has 2 rings (SSSR count). The second-order valence-electron chi connectivity index (χ2n) is 6.27. The number of aromatic nitrogens is 3. The van der Waals surface area contributed by atoms with Gasteiger partial charge in [-0.2, -0.15) is 0 Å². The largest absolute Gasteiger partial charge is 0.370 e. The summed E-state index contributed by atoms with van der Waals surface area (Å²) < 4.78 is 0. The lowest BCUT2D eigenvalue weighted by Crippen LogP contribution is -2.11. The van der Waals surface area contributed by atoms with Crippen LogP contribution in [0.25, 0.3) is 0 Å². The zero-order valence-corrected chi connectivity index (χ0v) is 14.3. The van der Waals surface area contributed by atoms with E-state index in [-0.39, 0.29) is 5.41 Å². The number of nitrogens with one attached hydrogen (secondary N) is 1. The highest BCUT2D eigenvalue weighted by atomic mass is 32.1. The molecule has 0 fully saturated rings. The van der Waals surface area contributed by atoms with Gasteiger partial charge in [-0.1, -0.05) is 27.7 Å². The van der Waals surface area contributed by atoms with E-state index in [0.29, 0.717) is 0 Å². The van der Waals surface area contributed by atoms with Gasteiger partial charge in [0.25, 0.3) is 0 Å². The molecule has 5 heteroatoms. The minimum atomic E-state index is 0.101. The molecule has 0 amide bonds. The molecule has 114 valence electrons. The predicted octanol–water partition coefficient (Wildman–Crippen LogP) is 3.95. The summed E-state index contributed by atoms with van der Waals surface area (Å²) >= 11 is 1.71. The van der Waals surface area contributed by atoms with Gasteiger partial charge < -0.3 is 5.32 Å². The first-order valence-corrected chi connectivity index (χ1v) is 8.29. The zero-order chi connectivity index (χ0) is 15.5. The van der Waals surface area contributed by atoms with Crippen molar-refractivity contribution >= 4 is 17.2 Å². The third-order valence-corrected chi connectivity index (χ3v) is 4.22. The molecule has 0 spiro atoms. The quantitative estimate of drug-likeness (QED) is 0.908. The summed E-state index contributed by atoms with van der Waals surface area (Å²) in [6.07, 6.45) is 3.49. The van der Waals surface area contributed by atoms with Crippen molar-refractivity contribution in [3.05, 3.63) is 33.7 Å². The molecule has 0 saturated heterocycles. The molecule has 0 aliphatic rings. The van der Waals surface area contributed by atoms with Crippen LogP contribution in [0.5, 0.6) is 0 Å². The molecule has 0 bridgehead atoms. The van der Waals surface area contributed by atoms with E-state index in [1.807, 2.05) is 0 Å². The minimum Gasteiger partial charge on any atom is -0.370 e. The normalized spacial score (nSPS) is 11.7. The first kappa shape index (κ1) is 15.9. The smallest absolute Gasteiger partial charge is 0.132 e. The Morgan fingerprint density at radius 1 is 1.24 bits per heavy atom. The Hall–Kier alpha value is -1.49. The Labute approximate surface area is 131 Å². The average molecular weight is 304 g/mol. The maximum absolute atomic E-state index is 4.75. The van der Waals surface area contributed by atoms with Crippen molar-refractivity contribution in [3.63, 3.8) is 0 Å². The van der Waals surface area contributed by atoms with Gasteiger partial charge in [-0.3, -0.25) is 0 Å². The van der Waals surface area contributed by atoms with Gasteiger partial charge in [-0.15, -0.1) is 11.3 Å². The van der Waals surface area contributed by atoms with Crippen molar-refractivity contribution in [2.45, 2.75) is 52.9 Å². The van der Waals surface area contributed by atoms with E-state index in [4.69, 9.17) is 4.98 Å². The zero-order valence-electron chi connectivity index (χ0n) is 13.5. The van der Waals surface area contributed by atoms with Crippen molar-refractivity contribution in [1.29, 1.82) is 0 Å². The minimum absolute atomic E-state index is 0.101. The molecule has 0 unspecified atom stereocenters. The number of anilines is 1. The lowest BCUT2D eigenvalue weighted by molar-refractivity contribution is 0.571. The van der Waals surface area contributed by atoms with Crippen LogP contribution in [0.15, 0.2) is 11.7 Å². The molecular formula is C16H24N4S. The second kappa shape index (κ2) is 6.52. The Morgan fingerprint density at radius 3 is 2.62 bits per heavy atom. The highest BCUT2D eigenvalue weighted by Gasteiger charge is 2.18. The first-order chi connectivity index (χ1) is 9.91. The maximum atomic E-state index is 4.75. The topological polar surface area (TPSA) is 50.7 Å². The van der Waals surface area contributed by atoms with E-state index in [1.165, 1.54) is 0 Å². The van der Waals surface area contributed by atoms with Crippen LogP contribution in [0, 0.1) is 6.92 Å². The number of rotatable bonds is 5. The van der Waals surface area contributed by atoms with Gasteiger partial charge in [0.05, 0.1) is 16.4 Å². The van der Waals surface area contributed by atoms with Gasteiger partial charge in [0.1, 0.15) is 12.1 Å². The van der Waals surface area contributed by atoms with Gasteiger partial charge >= 0.3 is 0 Å². The maximum Gasteiger partial charge on any atom is 0.132 e. The molecule has 2 aromatic rings. The van der Waals surface area contributed by atoms with Gasteiger partial charge in [0, 0.05) is 29.3 Å². The summed E-state index contributed by atoms with van der Waals surface area (Å²) in [6, 6.07) is 0. The summed E-state index contributed by atoms with van der Waals surface area (Å²) in [5, 5.41) is 6.62. The van der Waals surface area contributed by atoms with E-state index >= 15 is 0 Å². The fourth-order valence-corrected chi connectivity index (χ4v) is 2.99. The van der Waals surface area contributed by atoms with Crippen molar-refractivity contribution in [2.24, 2.45) is 0 Å². The predicted molar refractivity (Wildman–Crippen MR) is 89.2 cm³/mol. The molecule has 2 heterocycles. The van der Waals surface area contributed by atoms with Crippen molar-refractivity contribution in [3.8, 4) is 0 Å². The van der Waals surface area contributed by atoms with Gasteiger partial charge in [0.2, 0.25) is 0 Å². The highest BCUT2D eigenvalue weighted by molar-refractivity contribution is 7.09. The molecular weight excluding hydrogens is 280 g/mol. The lowest BCUT2D eigenvalue weighted by Gasteiger charge is -2.14. The highest BCUT2D eigenvalue weighted by Crippen LogP contribution is 2.26. The lowest BCUT2D eigenvalue weighted by atomic mass is 9.93. The molecule has 4 nitrogen and oxygen atoms in total. The second-order valence-corrected chi connectivity index (χ2v) is 7.22. The van der Waals surface area contributed by atoms with E-state index < -0.39 is 0 Å². The summed E-state index contributed by atoms with van der Waals surface area (Å²) in [5.41, 5.74) is 3.43. The van der Waals surface area contributed by atoms with Crippen molar-refractivity contribution in [2.75, 3.05) is 11.9 Å². The van der Waals surface area contributed by atoms with Crippen LogP contribution < -0.4 is 5.32 Å². The average Bonchev–Trinajstić information content (AvgIpc) is 2.88. The number of hydrogen-bond donors (Lipinski definition) is 1. The molecule has 0 saturated carbocycles. The molecule has 0 radical (unpaired) electrons. The van der Waals surface area contributed by atoms with Crippen LogP contribution in [0.3, 0.4) is 0 Å². The molecule has 0 aromatic carbocycles. The Balaban J connectivity index is 2.18. The number of nitrogens with zero attached hydrogens (tertiary/aromatic N) is 3. The molecule has 0 atom stereocenters. The third-order valence-electron chi connectivity index (χ3n) is 3.37. The van der Waals surface area contributed by atoms with Crippen LogP contribution in [0.1, 0.15) is 56.1 Å². The number of thiazole rings is 1. The monoisotopic (exact) mass is 304 g/mol. The van der Waals surface area contributed by atoms with Crippen molar-refractivity contribution < 1.29 is 0 Å². The fraction of sp³-hybridized carbons (Fsp3) is 0.562. The van der Waals surface area contributed by atoms with Crippen LogP contribution in [0.4, 0.5) is 5.82 Å². The first-order valence-electron chi connectivity index (χ1n) is 7.41. The summed E-state index contributed by atoms with van der Waals surface area (Å²) in [6.45, 7) is 11.7. The molecule has 0 aliphatic heterocycles. The summed E-state index contributed by atoms with van der Waals surface area (Å²) in [5.74, 6) is 0.939. The van der Waals surface area contributed by atoms with Crippen LogP contribution in [-0.4, -0.2) is 21.5 Å². The molecule has 1 N–H and O–H groups in total. The Morgan fingerprint density at radius 2 is 2.00 bits per heavy atom. The summed E-state index contributed by atoms with van der Waals surface area (Å²) in [7, 11) is 0. The van der Waals surface area contributed by atoms with Gasteiger partial charge in [0.15, 0.2) is 0 Å². The van der Waals surface area contributed by atoms with Crippen LogP contribution >= 0.6 is 11.3 Å². The molecule has 21 heavy (non-hydrogen) atoms. The third kappa shape index (κ3) is 4.00. The van der Waals surface area contributed by atoms with Crippen molar-refractivity contribution in [1.82, 2.24) is 15.0 Å². The summed E-state index contributed by atoms with van der Waals surface area (Å²) in [4.78, 5) is 13.5. The Kier molecular flexibility index (Phi) is 4.93. The number of hydrogen-bond acceptors (Lipinski definition) is 5.